The van der Waals surface area contributed by atoms with Gasteiger partial charge >= 0.3 is 0 Å². The number of nitrogens with one attached hydrogen (secondary N) is 1. The zero-order valence-corrected chi connectivity index (χ0v) is 27.5. The number of rotatable bonds is 9. The van der Waals surface area contributed by atoms with Gasteiger partial charge in [-0.25, -0.2) is 0 Å². The zero-order valence-electron chi connectivity index (χ0n) is 26.0. The van der Waals surface area contributed by atoms with Gasteiger partial charge in [-0.15, -0.1) is 23.2 Å². The number of benzene rings is 5. The van der Waals surface area contributed by atoms with Gasteiger partial charge in [-0.05, 0) is 70.8 Å². The predicted octanol–water partition coefficient (Wildman–Crippen LogP) is 8.72. The van der Waals surface area contributed by atoms with Crippen molar-refractivity contribution in [3.63, 3.8) is 0 Å². The molecule has 2 atom stereocenters. The summed E-state index contributed by atoms with van der Waals surface area (Å²) in [5.41, 5.74) is 3.86. The Kier molecular flexibility index (Phi) is 7.54. The molecule has 1 heterocycles. The highest BCUT2D eigenvalue weighted by atomic mass is 35.5. The van der Waals surface area contributed by atoms with Gasteiger partial charge in [0.05, 0.1) is 11.8 Å². The number of nitrogens with zero attached hydrogens (tertiary/aromatic N) is 1. The largest absolute Gasteiger partial charge is 0.457 e. The zero-order chi connectivity index (χ0) is 33.0. The van der Waals surface area contributed by atoms with Gasteiger partial charge in [0.25, 0.3) is 0 Å². The van der Waals surface area contributed by atoms with E-state index in [0.29, 0.717) is 37.1 Å². The molecule has 3 aliphatic carbocycles. The van der Waals surface area contributed by atoms with Crippen LogP contribution in [0.1, 0.15) is 47.9 Å². The third kappa shape index (κ3) is 4.65. The minimum absolute atomic E-state index is 0.0997. The summed E-state index contributed by atoms with van der Waals surface area (Å²) in [5.74, 6) is -0.784. The Morgan fingerprint density at radius 2 is 1.21 bits per heavy atom. The first-order valence-corrected chi connectivity index (χ1v) is 17.1. The summed E-state index contributed by atoms with van der Waals surface area (Å²) in [7, 11) is 0. The van der Waals surface area contributed by atoms with Crippen molar-refractivity contribution < 1.29 is 19.1 Å². The number of halogens is 2. The Hall–Kier alpha value is -4.65. The summed E-state index contributed by atoms with van der Waals surface area (Å²) in [6, 6.07) is 36.6. The lowest BCUT2D eigenvalue weighted by molar-refractivity contribution is -0.140. The van der Waals surface area contributed by atoms with Crippen LogP contribution in [0.4, 0.5) is 5.69 Å². The summed E-state index contributed by atoms with van der Waals surface area (Å²) in [5, 5.41) is 5.08. The number of ether oxygens (including phenoxy) is 1. The van der Waals surface area contributed by atoms with E-state index in [2.05, 4.69) is 5.32 Å². The second-order valence-electron chi connectivity index (χ2n) is 12.8. The molecule has 6 nitrogen and oxygen atoms in total. The monoisotopic (exact) mass is 674 g/mol. The van der Waals surface area contributed by atoms with E-state index in [0.717, 1.165) is 38.8 Å². The number of hydrogen-bond donors (Lipinski definition) is 1. The maximum atomic E-state index is 14.0. The smallest absolute Gasteiger partial charge is 0.235 e. The van der Waals surface area contributed by atoms with E-state index in [1.54, 1.807) is 0 Å². The van der Waals surface area contributed by atoms with Crippen molar-refractivity contribution in [1.82, 2.24) is 4.90 Å². The van der Waals surface area contributed by atoms with Crippen LogP contribution in [0.25, 0.3) is 10.8 Å². The van der Waals surface area contributed by atoms with E-state index in [9.17, 15) is 14.4 Å². The molecule has 0 saturated carbocycles. The Labute approximate surface area is 288 Å². The third-order valence-corrected chi connectivity index (χ3v) is 11.4. The number of carbonyl (C=O) groups is 3. The average molecular weight is 676 g/mol. The standard InChI is InChI=1S/C40H32Cl2N2O4/c41-39-29-14-5-6-15-30(29)40(42,32-17-8-7-16-31(32)39)36-35(39)37(46)44(38(36)47)24-9-1-2-19-34(45)43-26-20-22-27(23-21-26)48-33-18-10-12-25-11-3-4-13-28(25)33/h3-8,10-18,20-23,35-36H,1-2,9,19,24H2,(H,43,45)/t35-,36-,39?,40?/m1/s1. The van der Waals surface area contributed by atoms with Crippen molar-refractivity contribution in [2.24, 2.45) is 11.8 Å². The fourth-order valence-corrected chi connectivity index (χ4v) is 9.02. The van der Waals surface area contributed by atoms with Gasteiger partial charge in [0.1, 0.15) is 21.2 Å². The number of carbonyl (C=O) groups excluding carboxylic acids is 3. The number of imide groups is 1. The maximum Gasteiger partial charge on any atom is 0.235 e. The quantitative estimate of drug-likeness (QED) is 0.0964. The molecule has 1 fully saturated rings. The molecular weight excluding hydrogens is 643 g/mol. The molecule has 1 N–H and O–H groups in total. The molecule has 9 rings (SSSR count). The Bertz CT molecular complexity index is 1970. The topological polar surface area (TPSA) is 75.7 Å². The van der Waals surface area contributed by atoms with E-state index < -0.39 is 21.6 Å². The van der Waals surface area contributed by atoms with Gasteiger partial charge in [0.2, 0.25) is 17.7 Å². The fraction of sp³-hybridized carbons (Fsp3) is 0.225. The molecule has 0 aromatic heterocycles. The first kappa shape index (κ1) is 30.7. The first-order chi connectivity index (χ1) is 23.3. The molecule has 2 bridgehead atoms. The number of alkyl halides is 2. The number of anilines is 1. The van der Waals surface area contributed by atoms with Crippen LogP contribution in [0.3, 0.4) is 0 Å². The molecule has 1 saturated heterocycles. The molecule has 5 aromatic rings. The summed E-state index contributed by atoms with van der Waals surface area (Å²) < 4.78 is 6.11. The molecule has 48 heavy (non-hydrogen) atoms. The predicted molar refractivity (Wildman–Crippen MR) is 187 cm³/mol. The van der Waals surface area contributed by atoms with Gasteiger partial charge in [-0.3, -0.25) is 19.3 Å². The highest BCUT2D eigenvalue weighted by Gasteiger charge is 2.72. The lowest BCUT2D eigenvalue weighted by Crippen LogP contribution is -2.57. The second-order valence-corrected chi connectivity index (χ2v) is 14.0. The number of unbranched alkanes of at least 4 members (excludes halogenated alkanes) is 2. The summed E-state index contributed by atoms with van der Waals surface area (Å²) in [4.78, 5) is 39.6. The van der Waals surface area contributed by atoms with Crippen LogP contribution in [0.15, 0.2) is 115 Å². The lowest BCUT2D eigenvalue weighted by atomic mass is 9.54. The van der Waals surface area contributed by atoms with Gasteiger partial charge in [0.15, 0.2) is 0 Å². The molecule has 0 radical (unpaired) electrons. The number of fused-ring (bicyclic) bond motifs is 1. The van der Waals surface area contributed by atoms with Crippen molar-refractivity contribution in [3.05, 3.63) is 138 Å². The van der Waals surface area contributed by atoms with E-state index in [1.807, 2.05) is 115 Å². The van der Waals surface area contributed by atoms with Crippen molar-refractivity contribution >= 4 is 57.4 Å². The highest BCUT2D eigenvalue weighted by molar-refractivity contribution is 6.36. The Morgan fingerprint density at radius 3 is 1.81 bits per heavy atom. The molecule has 240 valence electrons. The van der Waals surface area contributed by atoms with Crippen molar-refractivity contribution in [3.8, 4) is 11.5 Å². The Balaban J connectivity index is 0.869. The van der Waals surface area contributed by atoms with Crippen LogP contribution >= 0.6 is 23.2 Å². The molecule has 0 spiro atoms. The minimum atomic E-state index is -1.17. The van der Waals surface area contributed by atoms with Gasteiger partial charge in [0, 0.05) is 24.0 Å². The molecule has 0 unspecified atom stereocenters. The van der Waals surface area contributed by atoms with E-state index in [-0.39, 0.29) is 24.3 Å². The first-order valence-electron chi connectivity index (χ1n) is 16.3. The summed E-state index contributed by atoms with van der Waals surface area (Å²) in [6.07, 6.45) is 2.19. The lowest BCUT2D eigenvalue weighted by Gasteiger charge is -2.54. The van der Waals surface area contributed by atoms with Crippen LogP contribution < -0.4 is 10.1 Å². The number of likely N-dealkylation sites (tertiary alicyclic amines) is 1. The molecular formula is C40H32Cl2N2O4. The van der Waals surface area contributed by atoms with Crippen LogP contribution in [0.2, 0.25) is 0 Å². The summed E-state index contributed by atoms with van der Waals surface area (Å²) >= 11 is 15.0. The molecule has 5 aromatic carbocycles. The fourth-order valence-electron chi connectivity index (χ4n) is 7.92. The highest BCUT2D eigenvalue weighted by Crippen LogP contribution is 2.69. The van der Waals surface area contributed by atoms with E-state index >= 15 is 0 Å². The van der Waals surface area contributed by atoms with Crippen LogP contribution in [-0.4, -0.2) is 29.2 Å². The number of hydrogen-bond acceptors (Lipinski definition) is 4. The van der Waals surface area contributed by atoms with Crippen LogP contribution in [-0.2, 0) is 24.1 Å². The molecule has 8 heteroatoms. The van der Waals surface area contributed by atoms with Crippen molar-refractivity contribution in [2.75, 3.05) is 11.9 Å². The third-order valence-electron chi connectivity index (χ3n) is 10.1. The Morgan fingerprint density at radius 1 is 0.667 bits per heavy atom. The van der Waals surface area contributed by atoms with Crippen LogP contribution in [0.5, 0.6) is 11.5 Å². The van der Waals surface area contributed by atoms with Gasteiger partial charge < -0.3 is 10.1 Å². The van der Waals surface area contributed by atoms with Crippen molar-refractivity contribution in [1.29, 1.82) is 0 Å². The van der Waals surface area contributed by atoms with Gasteiger partial charge in [-0.1, -0.05) is 91.3 Å². The summed E-state index contributed by atoms with van der Waals surface area (Å²) in [6.45, 7) is 0.261. The molecule has 3 amide bonds. The normalized spacial score (nSPS) is 23.5. The number of amides is 3. The second kappa shape index (κ2) is 11.8. The van der Waals surface area contributed by atoms with Gasteiger partial charge in [-0.2, -0.15) is 0 Å². The van der Waals surface area contributed by atoms with E-state index in [1.165, 1.54) is 4.90 Å². The van der Waals surface area contributed by atoms with Crippen molar-refractivity contribution in [2.45, 2.75) is 35.4 Å². The van der Waals surface area contributed by atoms with E-state index in [4.69, 9.17) is 27.9 Å². The minimum Gasteiger partial charge on any atom is -0.457 e. The molecule has 4 aliphatic rings. The molecule has 1 aliphatic heterocycles. The average Bonchev–Trinajstić information content (AvgIpc) is 3.38. The van der Waals surface area contributed by atoms with Crippen LogP contribution in [0, 0.1) is 11.8 Å². The maximum absolute atomic E-state index is 14.0. The SMILES string of the molecule is O=C(CCCCCN1C(=O)[C@H]2[C@H](C1=O)C1(Cl)c3ccccc3C2(Cl)c2ccccc21)Nc1ccc(Oc2cccc3ccccc23)cc1.